The first-order valence-electron chi connectivity index (χ1n) is 6.01. The molecule has 1 aliphatic rings. The highest BCUT2D eigenvalue weighted by atomic mass is 16.5. The summed E-state index contributed by atoms with van der Waals surface area (Å²) in [5.74, 6) is -0.0515. The summed E-state index contributed by atoms with van der Waals surface area (Å²) in [6.45, 7) is 0.00241. The fourth-order valence-corrected chi connectivity index (χ4v) is 1.90. The molecular formula is C11H14N6O2. The number of carbonyl (C=O) groups excluding carboxylic acids is 1. The molecule has 0 saturated heterocycles. The Morgan fingerprint density at radius 1 is 1.58 bits per heavy atom. The number of ether oxygens (including phenoxy) is 1. The number of nitrogens with zero attached hydrogens (tertiary/aromatic N) is 5. The van der Waals surface area contributed by atoms with Crippen LogP contribution in [0.1, 0.15) is 35.2 Å². The fourth-order valence-electron chi connectivity index (χ4n) is 1.90. The van der Waals surface area contributed by atoms with Gasteiger partial charge in [-0.05, 0) is 24.1 Å². The van der Waals surface area contributed by atoms with Gasteiger partial charge in [0.15, 0.2) is 6.61 Å². The Balaban J connectivity index is 1.70. The van der Waals surface area contributed by atoms with Gasteiger partial charge in [0.25, 0.3) is 0 Å². The summed E-state index contributed by atoms with van der Waals surface area (Å²) in [5.41, 5.74) is 6.77. The molecule has 2 aromatic rings. The van der Waals surface area contributed by atoms with Crippen molar-refractivity contribution in [2.45, 2.75) is 25.5 Å². The molecule has 0 spiro atoms. The zero-order valence-corrected chi connectivity index (χ0v) is 10.5. The normalized spacial score (nSPS) is 14.6. The van der Waals surface area contributed by atoms with Gasteiger partial charge in [-0.25, -0.2) is 4.79 Å². The number of nitrogen functional groups attached to an aromatic ring is 1. The third-order valence-corrected chi connectivity index (χ3v) is 2.90. The van der Waals surface area contributed by atoms with E-state index in [2.05, 4.69) is 15.4 Å². The van der Waals surface area contributed by atoms with Crippen LogP contribution in [-0.2, 0) is 18.4 Å². The Kier molecular flexibility index (Phi) is 2.69. The molecule has 0 aromatic carbocycles. The highest BCUT2D eigenvalue weighted by Crippen LogP contribution is 2.37. The predicted molar refractivity (Wildman–Crippen MR) is 65.0 cm³/mol. The summed E-state index contributed by atoms with van der Waals surface area (Å²) < 4.78 is 7.04. The molecule has 0 bridgehead atoms. The van der Waals surface area contributed by atoms with E-state index in [0.29, 0.717) is 23.2 Å². The van der Waals surface area contributed by atoms with Gasteiger partial charge in [0.1, 0.15) is 5.69 Å². The molecule has 100 valence electrons. The Labute approximate surface area is 109 Å². The summed E-state index contributed by atoms with van der Waals surface area (Å²) >= 11 is 0. The minimum absolute atomic E-state index is 0.00241. The van der Waals surface area contributed by atoms with E-state index in [1.165, 1.54) is 4.80 Å². The minimum atomic E-state index is -0.420. The molecule has 1 aliphatic carbocycles. The summed E-state index contributed by atoms with van der Waals surface area (Å²) in [5, 5.41) is 11.4. The van der Waals surface area contributed by atoms with E-state index in [-0.39, 0.29) is 6.61 Å². The van der Waals surface area contributed by atoms with E-state index in [4.69, 9.17) is 10.5 Å². The van der Waals surface area contributed by atoms with Crippen molar-refractivity contribution in [1.29, 1.82) is 0 Å². The lowest BCUT2D eigenvalue weighted by atomic mass is 10.4. The second-order valence-corrected chi connectivity index (χ2v) is 4.57. The topological polar surface area (TPSA) is 101 Å². The monoisotopic (exact) mass is 262 g/mol. The number of rotatable bonds is 4. The van der Waals surface area contributed by atoms with Gasteiger partial charge in [-0.3, -0.25) is 0 Å². The molecule has 8 heteroatoms. The zero-order chi connectivity index (χ0) is 13.4. The van der Waals surface area contributed by atoms with Crippen LogP contribution in [0.25, 0.3) is 0 Å². The smallest absolute Gasteiger partial charge is 0.355 e. The molecule has 0 amide bonds. The number of esters is 1. The van der Waals surface area contributed by atoms with Crippen LogP contribution in [0.4, 0.5) is 5.69 Å². The molecule has 0 aliphatic heterocycles. The standard InChI is InChI=1S/C11H14N6O2/c1-16-14-10(13-15-16)6-19-11(18)9-4-7(12)5-17(9)8-2-3-8/h4-5,8H,2-3,6,12H2,1H3. The Bertz CT molecular complexity index is 612. The third-order valence-electron chi connectivity index (χ3n) is 2.90. The number of aryl methyl sites for hydroxylation is 1. The summed E-state index contributed by atoms with van der Waals surface area (Å²) in [6.07, 6.45) is 3.91. The Hall–Kier alpha value is -2.38. The molecule has 0 unspecified atom stereocenters. The molecule has 1 fully saturated rings. The Morgan fingerprint density at radius 2 is 2.37 bits per heavy atom. The molecule has 0 atom stereocenters. The van der Waals surface area contributed by atoms with Gasteiger partial charge in [0, 0.05) is 12.2 Å². The highest BCUT2D eigenvalue weighted by Gasteiger charge is 2.28. The molecule has 2 N–H and O–H groups in total. The maximum Gasteiger partial charge on any atom is 0.355 e. The number of nitrogens with two attached hydrogens (primary N) is 1. The van der Waals surface area contributed by atoms with Crippen molar-refractivity contribution >= 4 is 11.7 Å². The molecule has 19 heavy (non-hydrogen) atoms. The van der Waals surface area contributed by atoms with Crippen molar-refractivity contribution in [3.63, 3.8) is 0 Å². The average Bonchev–Trinajstić information content (AvgIpc) is 3.03. The van der Waals surface area contributed by atoms with Crippen molar-refractivity contribution in [3.05, 3.63) is 23.8 Å². The largest absolute Gasteiger partial charge is 0.453 e. The number of carbonyl (C=O) groups is 1. The van der Waals surface area contributed by atoms with Crippen molar-refractivity contribution in [2.75, 3.05) is 5.73 Å². The highest BCUT2D eigenvalue weighted by molar-refractivity contribution is 5.89. The fraction of sp³-hybridized carbons (Fsp3) is 0.455. The SMILES string of the molecule is Cn1nnc(COC(=O)c2cc(N)cn2C2CC2)n1. The molecule has 3 rings (SSSR count). The lowest BCUT2D eigenvalue weighted by molar-refractivity contribution is 0.0449. The first-order chi connectivity index (χ1) is 9.13. The third kappa shape index (κ3) is 2.42. The molecule has 1 saturated carbocycles. The van der Waals surface area contributed by atoms with Crippen molar-refractivity contribution < 1.29 is 9.53 Å². The first kappa shape index (κ1) is 11.7. The molecular weight excluding hydrogens is 248 g/mol. The number of anilines is 1. The van der Waals surface area contributed by atoms with E-state index in [0.717, 1.165) is 12.8 Å². The summed E-state index contributed by atoms with van der Waals surface area (Å²) in [7, 11) is 1.65. The quantitative estimate of drug-likeness (QED) is 0.794. The average molecular weight is 262 g/mol. The maximum atomic E-state index is 12.0. The number of hydrogen-bond acceptors (Lipinski definition) is 6. The second kappa shape index (κ2) is 4.38. The van der Waals surface area contributed by atoms with Crippen LogP contribution in [-0.4, -0.2) is 30.7 Å². The Morgan fingerprint density at radius 3 is 3.00 bits per heavy atom. The van der Waals surface area contributed by atoms with E-state index >= 15 is 0 Å². The number of aromatic nitrogens is 5. The summed E-state index contributed by atoms with van der Waals surface area (Å²) in [6, 6.07) is 2.00. The van der Waals surface area contributed by atoms with Gasteiger partial charge in [0.2, 0.25) is 5.82 Å². The lowest BCUT2D eigenvalue weighted by Crippen LogP contribution is -2.11. The summed E-state index contributed by atoms with van der Waals surface area (Å²) in [4.78, 5) is 13.3. The minimum Gasteiger partial charge on any atom is -0.453 e. The van der Waals surface area contributed by atoms with Crippen molar-refractivity contribution in [3.8, 4) is 0 Å². The first-order valence-corrected chi connectivity index (χ1v) is 6.01. The van der Waals surface area contributed by atoms with Gasteiger partial charge >= 0.3 is 5.97 Å². The maximum absolute atomic E-state index is 12.0. The van der Waals surface area contributed by atoms with Gasteiger partial charge < -0.3 is 15.0 Å². The second-order valence-electron chi connectivity index (χ2n) is 4.57. The van der Waals surface area contributed by atoms with Crippen LogP contribution >= 0.6 is 0 Å². The van der Waals surface area contributed by atoms with E-state index < -0.39 is 5.97 Å². The van der Waals surface area contributed by atoms with Gasteiger partial charge in [-0.1, -0.05) is 0 Å². The predicted octanol–water partition coefficient (Wildman–Crippen LogP) is 0.286. The molecule has 8 nitrogen and oxygen atoms in total. The van der Waals surface area contributed by atoms with Gasteiger partial charge in [0.05, 0.1) is 12.7 Å². The van der Waals surface area contributed by atoms with Crippen LogP contribution in [0.2, 0.25) is 0 Å². The molecule has 0 radical (unpaired) electrons. The van der Waals surface area contributed by atoms with Crippen LogP contribution in [0.3, 0.4) is 0 Å². The van der Waals surface area contributed by atoms with Crippen LogP contribution in [0, 0.1) is 0 Å². The van der Waals surface area contributed by atoms with E-state index in [1.807, 2.05) is 4.57 Å². The van der Waals surface area contributed by atoms with Crippen molar-refractivity contribution in [1.82, 2.24) is 24.8 Å². The zero-order valence-electron chi connectivity index (χ0n) is 10.5. The van der Waals surface area contributed by atoms with Crippen molar-refractivity contribution in [2.24, 2.45) is 7.05 Å². The van der Waals surface area contributed by atoms with Gasteiger partial charge in [-0.2, -0.15) is 4.80 Å². The van der Waals surface area contributed by atoms with Crippen LogP contribution in [0.15, 0.2) is 12.3 Å². The van der Waals surface area contributed by atoms with Crippen LogP contribution < -0.4 is 5.73 Å². The van der Waals surface area contributed by atoms with E-state index in [9.17, 15) is 4.79 Å². The molecule has 2 aromatic heterocycles. The van der Waals surface area contributed by atoms with E-state index in [1.54, 1.807) is 19.3 Å². The molecule has 2 heterocycles. The number of tetrazole rings is 1. The lowest BCUT2D eigenvalue weighted by Gasteiger charge is -2.06. The number of hydrogen-bond donors (Lipinski definition) is 1. The van der Waals surface area contributed by atoms with Gasteiger partial charge in [-0.15, -0.1) is 10.2 Å². The van der Waals surface area contributed by atoms with Crippen LogP contribution in [0.5, 0.6) is 0 Å².